The maximum absolute atomic E-state index is 4.24. The number of hydrogen-bond acceptors (Lipinski definition) is 3. The number of nitrogens with one attached hydrogen (secondary N) is 2. The van der Waals surface area contributed by atoms with Crippen molar-refractivity contribution in [3.05, 3.63) is 47.5 Å². The molecular formula is C16H25IN6. The fraction of sp³-hybridized carbons (Fsp3) is 0.438. The van der Waals surface area contributed by atoms with Gasteiger partial charge in [0.15, 0.2) is 5.96 Å². The number of rotatable bonds is 6. The lowest BCUT2D eigenvalue weighted by atomic mass is 10.1. The van der Waals surface area contributed by atoms with Gasteiger partial charge in [-0.15, -0.1) is 34.2 Å². The largest absolute Gasteiger partial charge is 0.355 e. The second-order valence-electron chi connectivity index (χ2n) is 5.14. The van der Waals surface area contributed by atoms with E-state index >= 15 is 0 Å². The highest BCUT2D eigenvalue weighted by Crippen LogP contribution is 2.03. The van der Waals surface area contributed by atoms with Gasteiger partial charge in [-0.05, 0) is 12.5 Å². The lowest BCUT2D eigenvalue weighted by Crippen LogP contribution is -2.38. The maximum atomic E-state index is 4.24. The lowest BCUT2D eigenvalue weighted by Gasteiger charge is -2.13. The normalized spacial score (nSPS) is 11.0. The number of benzene rings is 1. The quantitative estimate of drug-likeness (QED) is 0.421. The molecule has 0 saturated carbocycles. The average Bonchev–Trinajstić information content (AvgIpc) is 2.98. The minimum Gasteiger partial charge on any atom is -0.355 e. The summed E-state index contributed by atoms with van der Waals surface area (Å²) >= 11 is 0. The Labute approximate surface area is 154 Å². The summed E-state index contributed by atoms with van der Waals surface area (Å²) in [6.45, 7) is 6.53. The topological polar surface area (TPSA) is 67.1 Å². The Hall–Kier alpha value is -1.64. The van der Waals surface area contributed by atoms with Crippen LogP contribution in [0.2, 0.25) is 0 Å². The summed E-state index contributed by atoms with van der Waals surface area (Å²) in [5.41, 5.74) is 2.51. The van der Waals surface area contributed by atoms with E-state index in [1.54, 1.807) is 13.4 Å². The van der Waals surface area contributed by atoms with Crippen LogP contribution in [0.3, 0.4) is 0 Å². The molecule has 2 aromatic rings. The van der Waals surface area contributed by atoms with Gasteiger partial charge in [-0.3, -0.25) is 4.99 Å². The minimum atomic E-state index is 0. The summed E-state index contributed by atoms with van der Waals surface area (Å²) in [6.07, 6.45) is 2.66. The molecule has 23 heavy (non-hydrogen) atoms. The Morgan fingerprint density at radius 1 is 1.30 bits per heavy atom. The third-order valence-electron chi connectivity index (χ3n) is 3.42. The summed E-state index contributed by atoms with van der Waals surface area (Å²) in [5.74, 6) is 1.80. The Bertz CT molecular complexity index is 623. The summed E-state index contributed by atoms with van der Waals surface area (Å²) < 4.78 is 2.06. The van der Waals surface area contributed by atoms with Crippen LogP contribution in [0.15, 0.2) is 35.6 Å². The fourth-order valence-corrected chi connectivity index (χ4v) is 2.26. The van der Waals surface area contributed by atoms with Crippen molar-refractivity contribution in [3.8, 4) is 0 Å². The number of hydrogen-bond donors (Lipinski definition) is 2. The molecule has 0 atom stereocenters. The number of aliphatic imine (C=N–C) groups is 1. The van der Waals surface area contributed by atoms with E-state index in [9.17, 15) is 0 Å². The van der Waals surface area contributed by atoms with Crippen molar-refractivity contribution in [2.75, 3.05) is 13.6 Å². The molecule has 0 aliphatic rings. The van der Waals surface area contributed by atoms with E-state index in [0.717, 1.165) is 37.8 Å². The number of aryl methyl sites for hydroxylation is 2. The van der Waals surface area contributed by atoms with E-state index in [0.29, 0.717) is 0 Å². The van der Waals surface area contributed by atoms with Crippen molar-refractivity contribution in [1.29, 1.82) is 0 Å². The molecule has 0 aliphatic heterocycles. The van der Waals surface area contributed by atoms with Crippen molar-refractivity contribution < 1.29 is 0 Å². The molecule has 0 saturated heterocycles. The van der Waals surface area contributed by atoms with Crippen molar-refractivity contribution in [1.82, 2.24) is 25.4 Å². The average molecular weight is 428 g/mol. The van der Waals surface area contributed by atoms with Crippen LogP contribution in [-0.2, 0) is 19.5 Å². The standard InChI is InChI=1S/C16H24N6.HI/c1-4-15-21-20-12-22(15)9-8-18-16(17-3)19-11-14-7-5-6-13(2)10-14;/h5-7,10,12H,4,8-9,11H2,1-3H3,(H2,17,18,19);1H. The molecule has 0 amide bonds. The highest BCUT2D eigenvalue weighted by molar-refractivity contribution is 14.0. The van der Waals surface area contributed by atoms with Crippen molar-refractivity contribution in [2.45, 2.75) is 33.4 Å². The molecule has 2 N–H and O–H groups in total. The molecule has 1 heterocycles. The first-order valence-electron chi connectivity index (χ1n) is 7.59. The van der Waals surface area contributed by atoms with Crippen LogP contribution in [0.4, 0.5) is 0 Å². The molecule has 7 heteroatoms. The summed E-state index contributed by atoms with van der Waals surface area (Å²) in [6, 6.07) is 8.45. The van der Waals surface area contributed by atoms with Gasteiger partial charge in [0.1, 0.15) is 12.2 Å². The SMILES string of the molecule is CCc1nncn1CCNC(=NC)NCc1cccc(C)c1.I. The van der Waals surface area contributed by atoms with Crippen LogP contribution in [0.5, 0.6) is 0 Å². The highest BCUT2D eigenvalue weighted by atomic mass is 127. The zero-order chi connectivity index (χ0) is 15.8. The van der Waals surface area contributed by atoms with Crippen molar-refractivity contribution in [2.24, 2.45) is 4.99 Å². The molecule has 0 unspecified atom stereocenters. The van der Waals surface area contributed by atoms with E-state index in [1.165, 1.54) is 11.1 Å². The van der Waals surface area contributed by atoms with Gasteiger partial charge in [-0.25, -0.2) is 0 Å². The minimum absolute atomic E-state index is 0. The van der Waals surface area contributed by atoms with Crippen LogP contribution in [0.1, 0.15) is 23.9 Å². The lowest BCUT2D eigenvalue weighted by molar-refractivity contribution is 0.632. The molecule has 2 rings (SSSR count). The Balaban J connectivity index is 0.00000264. The molecule has 6 nitrogen and oxygen atoms in total. The first-order valence-corrected chi connectivity index (χ1v) is 7.59. The Morgan fingerprint density at radius 3 is 2.83 bits per heavy atom. The van der Waals surface area contributed by atoms with Gasteiger partial charge in [0, 0.05) is 33.1 Å². The molecule has 1 aromatic heterocycles. The van der Waals surface area contributed by atoms with Gasteiger partial charge in [0.05, 0.1) is 0 Å². The zero-order valence-electron chi connectivity index (χ0n) is 13.9. The number of nitrogens with zero attached hydrogens (tertiary/aromatic N) is 4. The van der Waals surface area contributed by atoms with Crippen LogP contribution in [0.25, 0.3) is 0 Å². The van der Waals surface area contributed by atoms with Gasteiger partial charge < -0.3 is 15.2 Å². The Kier molecular flexibility index (Phi) is 8.60. The monoisotopic (exact) mass is 428 g/mol. The maximum Gasteiger partial charge on any atom is 0.191 e. The van der Waals surface area contributed by atoms with E-state index in [2.05, 4.69) is 68.5 Å². The zero-order valence-corrected chi connectivity index (χ0v) is 16.2. The van der Waals surface area contributed by atoms with Gasteiger partial charge in [0.25, 0.3) is 0 Å². The van der Waals surface area contributed by atoms with Gasteiger partial charge in [0.2, 0.25) is 0 Å². The van der Waals surface area contributed by atoms with Crippen LogP contribution in [0, 0.1) is 6.92 Å². The van der Waals surface area contributed by atoms with Gasteiger partial charge in [-0.1, -0.05) is 36.8 Å². The highest BCUT2D eigenvalue weighted by Gasteiger charge is 2.02. The van der Waals surface area contributed by atoms with Crippen LogP contribution in [-0.4, -0.2) is 34.3 Å². The smallest absolute Gasteiger partial charge is 0.191 e. The molecular weight excluding hydrogens is 403 g/mol. The molecule has 0 fully saturated rings. The molecule has 0 spiro atoms. The number of aromatic nitrogens is 3. The third kappa shape index (κ3) is 6.17. The van der Waals surface area contributed by atoms with Crippen molar-refractivity contribution in [3.63, 3.8) is 0 Å². The van der Waals surface area contributed by atoms with Gasteiger partial charge >= 0.3 is 0 Å². The molecule has 0 aliphatic carbocycles. The third-order valence-corrected chi connectivity index (χ3v) is 3.42. The predicted molar refractivity (Wildman–Crippen MR) is 104 cm³/mol. The molecule has 0 radical (unpaired) electrons. The second kappa shape index (κ2) is 10.2. The number of halogens is 1. The molecule has 126 valence electrons. The van der Waals surface area contributed by atoms with Gasteiger partial charge in [-0.2, -0.15) is 0 Å². The van der Waals surface area contributed by atoms with Crippen molar-refractivity contribution >= 4 is 29.9 Å². The van der Waals surface area contributed by atoms with Crippen LogP contribution < -0.4 is 10.6 Å². The summed E-state index contributed by atoms with van der Waals surface area (Å²) in [4.78, 5) is 4.24. The first-order chi connectivity index (χ1) is 10.7. The summed E-state index contributed by atoms with van der Waals surface area (Å²) in [7, 11) is 1.78. The fourth-order valence-electron chi connectivity index (χ4n) is 2.26. The Morgan fingerprint density at radius 2 is 2.13 bits per heavy atom. The number of guanidine groups is 1. The second-order valence-corrected chi connectivity index (χ2v) is 5.14. The van der Waals surface area contributed by atoms with E-state index in [-0.39, 0.29) is 24.0 Å². The van der Waals surface area contributed by atoms with E-state index < -0.39 is 0 Å². The summed E-state index contributed by atoms with van der Waals surface area (Å²) in [5, 5.41) is 14.6. The molecule has 1 aromatic carbocycles. The van der Waals surface area contributed by atoms with E-state index in [1.807, 2.05) is 0 Å². The van der Waals surface area contributed by atoms with E-state index in [4.69, 9.17) is 0 Å². The molecule has 0 bridgehead atoms. The first kappa shape index (κ1) is 19.4. The van der Waals surface area contributed by atoms with Crippen LogP contribution >= 0.6 is 24.0 Å². The predicted octanol–water partition coefficient (Wildman–Crippen LogP) is 2.13.